The maximum absolute atomic E-state index is 13.5. The molecule has 10 heteroatoms. The average molecular weight is 651 g/mol. The van der Waals surface area contributed by atoms with E-state index < -0.39 is 10.0 Å². The number of piperidine rings is 1. The molecule has 2 atom stereocenters. The zero-order valence-electron chi connectivity index (χ0n) is 24.9. The number of rotatable bonds is 11. The van der Waals surface area contributed by atoms with Gasteiger partial charge in [0.05, 0.1) is 28.2 Å². The molecular formula is C33H45Cl2N3O4S. The van der Waals surface area contributed by atoms with Crippen LogP contribution in [0.4, 0.5) is 0 Å². The lowest BCUT2D eigenvalue weighted by atomic mass is 9.76. The Morgan fingerprint density at radius 1 is 0.930 bits per heavy atom. The number of ether oxygens (including phenoxy) is 1. The molecule has 1 saturated carbocycles. The highest BCUT2D eigenvalue weighted by Crippen LogP contribution is 2.35. The van der Waals surface area contributed by atoms with Crippen LogP contribution in [0.25, 0.3) is 0 Å². The van der Waals surface area contributed by atoms with Gasteiger partial charge in [-0.2, -0.15) is 4.31 Å². The number of morpholine rings is 1. The fourth-order valence-corrected chi connectivity index (χ4v) is 9.26. The van der Waals surface area contributed by atoms with E-state index in [1.54, 1.807) is 0 Å². The van der Waals surface area contributed by atoms with Crippen LogP contribution in [-0.2, 0) is 26.0 Å². The number of carbonyl (C=O) groups is 1. The van der Waals surface area contributed by atoms with Crippen molar-refractivity contribution in [1.29, 1.82) is 0 Å². The number of halogens is 2. The van der Waals surface area contributed by atoms with Crippen LogP contribution < -0.4 is 5.32 Å². The molecule has 236 valence electrons. The van der Waals surface area contributed by atoms with E-state index in [1.807, 2.05) is 0 Å². The third kappa shape index (κ3) is 8.74. The number of amides is 1. The van der Waals surface area contributed by atoms with Gasteiger partial charge in [0.2, 0.25) is 15.9 Å². The van der Waals surface area contributed by atoms with Crippen LogP contribution in [0.2, 0.25) is 10.0 Å². The van der Waals surface area contributed by atoms with Crippen LogP contribution in [0, 0.1) is 11.8 Å². The topological polar surface area (TPSA) is 79.0 Å². The van der Waals surface area contributed by atoms with Crippen LogP contribution in [0.3, 0.4) is 0 Å². The van der Waals surface area contributed by atoms with Crippen LogP contribution in [-0.4, -0.2) is 75.0 Å². The van der Waals surface area contributed by atoms with Crippen molar-refractivity contribution in [3.8, 4) is 0 Å². The van der Waals surface area contributed by atoms with Crippen molar-refractivity contribution in [3.63, 3.8) is 0 Å². The number of benzene rings is 2. The van der Waals surface area contributed by atoms with Crippen molar-refractivity contribution in [3.05, 3.63) is 64.1 Å². The van der Waals surface area contributed by atoms with E-state index in [-0.39, 0.29) is 28.3 Å². The summed E-state index contributed by atoms with van der Waals surface area (Å²) in [5, 5.41) is 3.67. The Morgan fingerprint density at radius 2 is 1.67 bits per heavy atom. The lowest BCUT2D eigenvalue weighted by Gasteiger charge is -2.42. The van der Waals surface area contributed by atoms with Gasteiger partial charge in [0, 0.05) is 44.7 Å². The SMILES string of the molecule is O=C(CC1CCCCN1S(=O)(=O)c1ccc(Cl)c(Cl)c1)NCC1CCC(C(CCc2ccccc2)N2CCOCC2)CC1. The van der Waals surface area contributed by atoms with Gasteiger partial charge in [-0.05, 0) is 87.0 Å². The summed E-state index contributed by atoms with van der Waals surface area (Å²) in [5.74, 6) is 1.05. The quantitative estimate of drug-likeness (QED) is 0.314. The monoisotopic (exact) mass is 649 g/mol. The van der Waals surface area contributed by atoms with Crippen LogP contribution >= 0.6 is 23.2 Å². The first kappa shape index (κ1) is 32.7. The number of sulfonamides is 1. The number of hydrogen-bond acceptors (Lipinski definition) is 5. The molecule has 2 aliphatic heterocycles. The Balaban J connectivity index is 1.12. The van der Waals surface area contributed by atoms with Crippen molar-refractivity contribution < 1.29 is 17.9 Å². The molecule has 43 heavy (non-hydrogen) atoms. The minimum Gasteiger partial charge on any atom is -0.379 e. The molecule has 1 amide bonds. The highest BCUT2D eigenvalue weighted by atomic mass is 35.5. The zero-order valence-corrected chi connectivity index (χ0v) is 27.3. The molecule has 3 fully saturated rings. The first-order chi connectivity index (χ1) is 20.8. The van der Waals surface area contributed by atoms with Crippen molar-refractivity contribution in [2.75, 3.05) is 39.4 Å². The second kappa shape index (κ2) is 15.5. The third-order valence-corrected chi connectivity index (χ3v) is 12.3. The molecule has 3 aliphatic rings. The molecule has 0 spiro atoms. The molecule has 7 nitrogen and oxygen atoms in total. The van der Waals surface area contributed by atoms with E-state index >= 15 is 0 Å². The molecule has 2 aromatic rings. The highest BCUT2D eigenvalue weighted by molar-refractivity contribution is 7.89. The third-order valence-electron chi connectivity index (χ3n) is 9.60. The maximum Gasteiger partial charge on any atom is 0.243 e. The molecule has 5 rings (SSSR count). The summed E-state index contributed by atoms with van der Waals surface area (Å²) in [4.78, 5) is 15.8. The van der Waals surface area contributed by atoms with E-state index in [0.717, 1.165) is 58.4 Å². The van der Waals surface area contributed by atoms with E-state index in [9.17, 15) is 13.2 Å². The normalized spacial score (nSPS) is 24.8. The predicted octanol–water partition coefficient (Wildman–Crippen LogP) is 6.18. The molecule has 0 aromatic heterocycles. The molecule has 1 aliphatic carbocycles. The van der Waals surface area contributed by atoms with Gasteiger partial charge < -0.3 is 10.1 Å². The lowest BCUT2D eigenvalue weighted by Crippen LogP contribution is -2.48. The Hall–Kier alpha value is -1.68. The molecule has 2 aromatic carbocycles. The second-order valence-corrected chi connectivity index (χ2v) is 15.1. The standard InChI is InChI=1S/C33H45Cl2N3O4S/c34-30-15-14-29(23-31(30)35)43(40,41)38-17-5-4-8-28(38)22-33(39)36-24-26-9-12-27(13-10-26)32(37-18-20-42-21-19-37)16-11-25-6-2-1-3-7-25/h1-3,6-7,14-15,23,26-28,32H,4-5,8-13,16-22,24H2,(H,36,39). The van der Waals surface area contributed by atoms with Crippen molar-refractivity contribution in [2.45, 2.75) is 81.2 Å². The van der Waals surface area contributed by atoms with Crippen molar-refractivity contribution in [1.82, 2.24) is 14.5 Å². The maximum atomic E-state index is 13.5. The Morgan fingerprint density at radius 3 is 2.40 bits per heavy atom. The summed E-state index contributed by atoms with van der Waals surface area (Å²) in [6.07, 6.45) is 9.36. The molecule has 2 unspecified atom stereocenters. The smallest absolute Gasteiger partial charge is 0.243 e. The number of nitrogens with one attached hydrogen (secondary N) is 1. The first-order valence-electron chi connectivity index (χ1n) is 15.9. The molecule has 0 bridgehead atoms. The molecule has 1 N–H and O–H groups in total. The Kier molecular flexibility index (Phi) is 11.8. The fourth-order valence-electron chi connectivity index (χ4n) is 7.17. The number of aryl methyl sites for hydroxylation is 1. The van der Waals surface area contributed by atoms with Gasteiger partial charge in [0.25, 0.3) is 0 Å². The Labute approximate surface area is 267 Å². The fraction of sp³-hybridized carbons (Fsp3) is 0.606. The van der Waals surface area contributed by atoms with E-state index in [1.165, 1.54) is 47.3 Å². The largest absolute Gasteiger partial charge is 0.379 e. The molecule has 2 saturated heterocycles. The van der Waals surface area contributed by atoms with Crippen molar-refractivity contribution >= 4 is 39.1 Å². The summed E-state index contributed by atoms with van der Waals surface area (Å²) in [6.45, 7) is 4.71. The van der Waals surface area contributed by atoms with Gasteiger partial charge in [-0.1, -0.05) is 60.0 Å². The summed E-state index contributed by atoms with van der Waals surface area (Å²) >= 11 is 12.1. The molecular weight excluding hydrogens is 605 g/mol. The van der Waals surface area contributed by atoms with Gasteiger partial charge in [-0.25, -0.2) is 8.42 Å². The summed E-state index contributed by atoms with van der Waals surface area (Å²) in [5.41, 5.74) is 1.40. The van der Waals surface area contributed by atoms with Gasteiger partial charge in [0.1, 0.15) is 0 Å². The van der Waals surface area contributed by atoms with Gasteiger partial charge in [-0.15, -0.1) is 0 Å². The van der Waals surface area contributed by atoms with E-state index in [0.29, 0.717) is 42.4 Å². The van der Waals surface area contributed by atoms with Gasteiger partial charge in [0.15, 0.2) is 0 Å². The molecule has 2 heterocycles. The predicted molar refractivity (Wildman–Crippen MR) is 172 cm³/mol. The Bertz CT molecular complexity index is 1300. The van der Waals surface area contributed by atoms with Crippen LogP contribution in [0.15, 0.2) is 53.4 Å². The first-order valence-corrected chi connectivity index (χ1v) is 18.1. The second-order valence-electron chi connectivity index (χ2n) is 12.4. The van der Waals surface area contributed by atoms with E-state index in [4.69, 9.17) is 27.9 Å². The van der Waals surface area contributed by atoms with E-state index in [2.05, 4.69) is 40.5 Å². The number of carbonyl (C=O) groups excluding carboxylic acids is 1. The minimum absolute atomic E-state index is 0.0718. The summed E-state index contributed by atoms with van der Waals surface area (Å²) in [7, 11) is -3.78. The van der Waals surface area contributed by atoms with Crippen molar-refractivity contribution in [2.24, 2.45) is 11.8 Å². The average Bonchev–Trinajstić information content (AvgIpc) is 3.03. The number of nitrogens with zero attached hydrogens (tertiary/aromatic N) is 2. The van der Waals surface area contributed by atoms with Crippen LogP contribution in [0.5, 0.6) is 0 Å². The summed E-state index contributed by atoms with van der Waals surface area (Å²) in [6, 6.07) is 15.4. The van der Waals surface area contributed by atoms with Gasteiger partial charge >= 0.3 is 0 Å². The van der Waals surface area contributed by atoms with Crippen LogP contribution in [0.1, 0.15) is 63.4 Å². The summed E-state index contributed by atoms with van der Waals surface area (Å²) < 4.78 is 34.1. The van der Waals surface area contributed by atoms with Gasteiger partial charge in [-0.3, -0.25) is 9.69 Å². The number of hydrogen-bond donors (Lipinski definition) is 1. The highest BCUT2D eigenvalue weighted by Gasteiger charge is 2.36. The zero-order chi connectivity index (χ0) is 30.2. The molecule has 0 radical (unpaired) electrons. The minimum atomic E-state index is -3.78. The lowest BCUT2D eigenvalue weighted by molar-refractivity contribution is -0.122.